The number of ether oxygens (including phenoxy) is 1. The third-order valence-electron chi connectivity index (χ3n) is 5.06. The molecule has 3 saturated heterocycles. The van der Waals surface area contributed by atoms with Gasteiger partial charge in [-0.05, 0) is 11.8 Å². The van der Waals surface area contributed by atoms with Gasteiger partial charge >= 0.3 is 0 Å². The quantitative estimate of drug-likeness (QED) is 0.459. The number of likely N-dealkylation sites (N-methyl/N-ethyl adjacent to an activating group) is 1. The van der Waals surface area contributed by atoms with Crippen molar-refractivity contribution < 1.29 is 9.22 Å². The molecule has 0 N–H and O–H groups in total. The van der Waals surface area contributed by atoms with E-state index < -0.39 is 0 Å². The van der Waals surface area contributed by atoms with Crippen LogP contribution in [0.5, 0.6) is 0 Å². The molecule has 0 saturated carbocycles. The van der Waals surface area contributed by atoms with E-state index in [4.69, 9.17) is 4.74 Å². The summed E-state index contributed by atoms with van der Waals surface area (Å²) in [5, 5.41) is 0. The predicted octanol–water partition coefficient (Wildman–Crippen LogP) is 1.65. The highest BCUT2D eigenvalue weighted by molar-refractivity contribution is 5.07. The molecule has 0 aromatic carbocycles. The molecule has 3 aliphatic heterocycles. The monoisotopic (exact) mass is 196 g/mol. The number of quaternary nitrogens is 1. The Morgan fingerprint density at radius 3 is 2.00 bits per heavy atom. The second-order valence-electron chi connectivity index (χ2n) is 6.30. The average molecular weight is 196 g/mol. The summed E-state index contributed by atoms with van der Waals surface area (Å²) in [5.41, 5.74) is 0. The van der Waals surface area contributed by atoms with Gasteiger partial charge in [-0.25, -0.2) is 0 Å². The highest BCUT2D eigenvalue weighted by atomic mass is 16.6. The second kappa shape index (κ2) is 2.53. The maximum absolute atomic E-state index is 5.77. The Morgan fingerprint density at radius 2 is 1.57 bits per heavy atom. The van der Waals surface area contributed by atoms with Crippen LogP contribution in [0.15, 0.2) is 0 Å². The van der Waals surface area contributed by atoms with E-state index in [0.29, 0.717) is 12.2 Å². The van der Waals surface area contributed by atoms with Crippen LogP contribution in [-0.4, -0.2) is 42.9 Å². The summed E-state index contributed by atoms with van der Waals surface area (Å²) in [7, 11) is 4.81. The van der Waals surface area contributed by atoms with Gasteiger partial charge in [0.15, 0.2) is 0 Å². The van der Waals surface area contributed by atoms with E-state index in [2.05, 4.69) is 27.9 Å². The molecule has 80 valence electrons. The van der Waals surface area contributed by atoms with Crippen molar-refractivity contribution in [1.29, 1.82) is 0 Å². The molecule has 2 nitrogen and oxygen atoms in total. The molecule has 14 heavy (non-hydrogen) atoms. The Morgan fingerprint density at radius 1 is 1.07 bits per heavy atom. The standard InChI is InChI=1S/C12H22NO/c1-7(2)8-5-9-11-12(14-11)10(6-8)13(9,3)4/h7-12H,5-6H2,1-4H3/q+1/t8?,9-,10+,11-,12+. The van der Waals surface area contributed by atoms with Gasteiger partial charge in [-0.2, -0.15) is 0 Å². The van der Waals surface area contributed by atoms with Gasteiger partial charge in [-0.15, -0.1) is 0 Å². The smallest absolute Gasteiger partial charge is 0.142 e. The maximum Gasteiger partial charge on any atom is 0.142 e. The van der Waals surface area contributed by atoms with Crippen LogP contribution in [0.25, 0.3) is 0 Å². The molecule has 2 bridgehead atoms. The minimum atomic E-state index is 0.624. The van der Waals surface area contributed by atoms with Crippen molar-refractivity contribution in [2.24, 2.45) is 11.8 Å². The number of piperidine rings is 1. The molecule has 2 heteroatoms. The Balaban J connectivity index is 1.85. The fraction of sp³-hybridized carbons (Fsp3) is 1.00. The van der Waals surface area contributed by atoms with Crippen LogP contribution >= 0.6 is 0 Å². The van der Waals surface area contributed by atoms with Crippen LogP contribution in [0.1, 0.15) is 26.7 Å². The number of rotatable bonds is 1. The lowest BCUT2D eigenvalue weighted by Crippen LogP contribution is -2.58. The molecule has 3 rings (SSSR count). The number of nitrogens with zero attached hydrogens (tertiary/aromatic N) is 1. The van der Waals surface area contributed by atoms with E-state index in [-0.39, 0.29) is 0 Å². The molecule has 1 unspecified atom stereocenters. The van der Waals surface area contributed by atoms with Gasteiger partial charge in [0.05, 0.1) is 14.1 Å². The molecule has 0 spiro atoms. The van der Waals surface area contributed by atoms with Gasteiger partial charge in [0.25, 0.3) is 0 Å². The fourth-order valence-electron chi connectivity index (χ4n) is 3.83. The largest absolute Gasteiger partial charge is 0.357 e. The van der Waals surface area contributed by atoms with E-state index in [1.165, 1.54) is 17.3 Å². The molecule has 0 radical (unpaired) electrons. The summed E-state index contributed by atoms with van der Waals surface area (Å²) in [6, 6.07) is 1.59. The van der Waals surface area contributed by atoms with Crippen molar-refractivity contribution in [3.63, 3.8) is 0 Å². The first-order valence-electron chi connectivity index (χ1n) is 6.00. The first-order valence-corrected chi connectivity index (χ1v) is 6.00. The lowest BCUT2D eigenvalue weighted by atomic mass is 9.81. The molecular weight excluding hydrogens is 174 g/mol. The molecule has 3 heterocycles. The number of morpholine rings is 1. The van der Waals surface area contributed by atoms with Crippen molar-refractivity contribution in [2.75, 3.05) is 14.1 Å². The van der Waals surface area contributed by atoms with Crippen molar-refractivity contribution in [1.82, 2.24) is 0 Å². The molecule has 0 aromatic heterocycles. The minimum absolute atomic E-state index is 0.624. The third kappa shape index (κ3) is 0.989. The lowest BCUT2D eigenvalue weighted by Gasteiger charge is -2.46. The normalized spacial score (nSPS) is 53.4. The number of epoxide rings is 1. The number of hydrogen-bond donors (Lipinski definition) is 0. The summed E-state index contributed by atoms with van der Waals surface area (Å²) >= 11 is 0. The first kappa shape index (κ1) is 9.17. The number of hydrogen-bond acceptors (Lipinski definition) is 1. The van der Waals surface area contributed by atoms with Gasteiger partial charge < -0.3 is 9.22 Å². The van der Waals surface area contributed by atoms with Crippen LogP contribution in [0.2, 0.25) is 0 Å². The van der Waals surface area contributed by atoms with Crippen LogP contribution < -0.4 is 0 Å². The zero-order valence-corrected chi connectivity index (χ0v) is 9.73. The highest BCUT2D eigenvalue weighted by Crippen LogP contribution is 2.53. The highest BCUT2D eigenvalue weighted by Gasteiger charge is 2.70. The van der Waals surface area contributed by atoms with Crippen LogP contribution in [0.3, 0.4) is 0 Å². The second-order valence-corrected chi connectivity index (χ2v) is 6.30. The molecule has 0 amide bonds. The van der Waals surface area contributed by atoms with E-state index in [1.807, 2.05) is 0 Å². The Labute approximate surface area is 86.8 Å². The Kier molecular flexibility index (Phi) is 1.66. The minimum Gasteiger partial charge on any atom is -0.357 e. The van der Waals surface area contributed by atoms with Crippen molar-refractivity contribution >= 4 is 0 Å². The SMILES string of the molecule is CC(C)C1C[C@@H]2[C@H]3O[C@H]3[C@H](C1)[N+]2(C)C. The maximum atomic E-state index is 5.77. The summed E-state index contributed by atoms with van der Waals surface area (Å²) in [6.45, 7) is 4.75. The van der Waals surface area contributed by atoms with Crippen molar-refractivity contribution in [2.45, 2.75) is 51.0 Å². The topological polar surface area (TPSA) is 12.5 Å². The van der Waals surface area contributed by atoms with E-state index in [1.54, 1.807) is 0 Å². The molecule has 0 aromatic rings. The molecule has 5 atom stereocenters. The molecular formula is C12H22NO+. The summed E-state index contributed by atoms with van der Waals surface area (Å²) < 4.78 is 7.00. The molecule has 0 aliphatic carbocycles. The van der Waals surface area contributed by atoms with Crippen molar-refractivity contribution in [3.8, 4) is 0 Å². The van der Waals surface area contributed by atoms with Gasteiger partial charge in [-0.1, -0.05) is 13.8 Å². The van der Waals surface area contributed by atoms with Gasteiger partial charge in [0, 0.05) is 12.8 Å². The zero-order valence-electron chi connectivity index (χ0n) is 9.73. The number of fused-ring (bicyclic) bond motifs is 5. The Hall–Kier alpha value is -0.0800. The van der Waals surface area contributed by atoms with Crippen LogP contribution in [-0.2, 0) is 4.74 Å². The average Bonchev–Trinajstić information content (AvgIpc) is 2.75. The van der Waals surface area contributed by atoms with Gasteiger partial charge in [0.2, 0.25) is 0 Å². The van der Waals surface area contributed by atoms with Gasteiger partial charge in [-0.3, -0.25) is 0 Å². The Bertz CT molecular complexity index is 241. The zero-order chi connectivity index (χ0) is 10.1. The van der Waals surface area contributed by atoms with Crippen molar-refractivity contribution in [3.05, 3.63) is 0 Å². The van der Waals surface area contributed by atoms with E-state index in [9.17, 15) is 0 Å². The van der Waals surface area contributed by atoms with Gasteiger partial charge in [0.1, 0.15) is 24.3 Å². The third-order valence-corrected chi connectivity index (χ3v) is 5.06. The predicted molar refractivity (Wildman–Crippen MR) is 55.9 cm³/mol. The molecule has 3 aliphatic rings. The first-order chi connectivity index (χ1) is 6.51. The fourth-order valence-corrected chi connectivity index (χ4v) is 3.83. The van der Waals surface area contributed by atoms with Crippen LogP contribution in [0, 0.1) is 11.8 Å². The van der Waals surface area contributed by atoms with E-state index in [0.717, 1.165) is 23.9 Å². The summed E-state index contributed by atoms with van der Waals surface area (Å²) in [4.78, 5) is 0. The summed E-state index contributed by atoms with van der Waals surface area (Å²) in [6.07, 6.45) is 4.03. The lowest BCUT2D eigenvalue weighted by molar-refractivity contribution is -0.938. The molecule has 3 fully saturated rings. The van der Waals surface area contributed by atoms with Crippen LogP contribution in [0.4, 0.5) is 0 Å². The van der Waals surface area contributed by atoms with E-state index >= 15 is 0 Å². The summed E-state index contributed by atoms with van der Waals surface area (Å²) in [5.74, 6) is 1.81.